The molecule has 58 heavy (non-hydrogen) atoms. The van der Waals surface area contributed by atoms with Crippen LogP contribution in [0.1, 0.15) is 226 Å². The summed E-state index contributed by atoms with van der Waals surface area (Å²) in [6.45, 7) is 5.49. The molecule has 0 bridgehead atoms. The molecular weight excluding hydrogens is 753 g/mol. The highest BCUT2D eigenvalue weighted by molar-refractivity contribution is 7.45. The van der Waals surface area contributed by atoms with E-state index >= 15 is 0 Å². The number of carbonyl (C=O) groups excluding carboxylic acids is 3. The van der Waals surface area contributed by atoms with Crippen molar-refractivity contribution < 1.29 is 42.4 Å². The molecule has 0 rings (SSSR count). The van der Waals surface area contributed by atoms with Crippen LogP contribution >= 0.6 is 7.82 Å². The Kier molecular flexibility index (Phi) is 41.6. The SMILES string of the molecule is CCCCC/C=C\C/C=C\CCCCCCCC(=O)O[C@H](COC(=O)CCCCCCCCCCCCCCC)COP(=O)([O-])OCCNC(=O)CCCCCCC. The number of carbonyl (C=O) groups is 3. The molecular formula is C47H87NO9P-. The topological polar surface area (TPSA) is 140 Å². The van der Waals surface area contributed by atoms with Gasteiger partial charge in [0.25, 0.3) is 7.82 Å². The summed E-state index contributed by atoms with van der Waals surface area (Å²) in [5.74, 6) is -1.06. The Labute approximate surface area is 355 Å². The smallest absolute Gasteiger partial charge is 0.306 e. The molecule has 0 aromatic rings. The first kappa shape index (κ1) is 56.0. The minimum absolute atomic E-state index is 0.0200. The Morgan fingerprint density at radius 1 is 0.534 bits per heavy atom. The summed E-state index contributed by atoms with van der Waals surface area (Å²) >= 11 is 0. The third kappa shape index (κ3) is 42.1. The quantitative estimate of drug-likeness (QED) is 0.0275. The molecule has 0 aliphatic heterocycles. The molecule has 0 heterocycles. The molecule has 0 radical (unpaired) electrons. The van der Waals surface area contributed by atoms with Crippen molar-refractivity contribution >= 4 is 25.7 Å². The number of phosphoric ester groups is 1. The number of esters is 2. The Morgan fingerprint density at radius 2 is 0.966 bits per heavy atom. The zero-order valence-electron chi connectivity index (χ0n) is 37.5. The molecule has 11 heteroatoms. The van der Waals surface area contributed by atoms with Gasteiger partial charge in [0.2, 0.25) is 5.91 Å². The van der Waals surface area contributed by atoms with E-state index in [1.807, 2.05) is 0 Å². The minimum atomic E-state index is -4.77. The summed E-state index contributed by atoms with van der Waals surface area (Å²) in [6.07, 6.45) is 41.3. The second kappa shape index (κ2) is 43.1. The zero-order valence-corrected chi connectivity index (χ0v) is 38.4. The molecule has 0 aliphatic rings. The van der Waals surface area contributed by atoms with Crippen molar-refractivity contribution in [2.24, 2.45) is 0 Å². The van der Waals surface area contributed by atoms with E-state index in [9.17, 15) is 23.8 Å². The van der Waals surface area contributed by atoms with Gasteiger partial charge >= 0.3 is 11.9 Å². The van der Waals surface area contributed by atoms with Crippen LogP contribution in [-0.2, 0) is 37.5 Å². The molecule has 1 N–H and O–H groups in total. The molecule has 0 aromatic carbocycles. The fourth-order valence-electron chi connectivity index (χ4n) is 6.52. The molecule has 0 aromatic heterocycles. The summed E-state index contributed by atoms with van der Waals surface area (Å²) < 4.78 is 33.4. The maximum absolute atomic E-state index is 12.7. The van der Waals surface area contributed by atoms with Crippen molar-refractivity contribution in [1.29, 1.82) is 0 Å². The van der Waals surface area contributed by atoms with Gasteiger partial charge < -0.3 is 28.7 Å². The lowest BCUT2D eigenvalue weighted by molar-refractivity contribution is -0.228. The van der Waals surface area contributed by atoms with Crippen LogP contribution in [-0.4, -0.2) is 50.3 Å². The summed E-state index contributed by atoms with van der Waals surface area (Å²) in [5, 5.41) is 2.66. The van der Waals surface area contributed by atoms with Crippen LogP contribution < -0.4 is 10.2 Å². The van der Waals surface area contributed by atoms with E-state index < -0.39 is 32.5 Å². The molecule has 0 saturated heterocycles. The van der Waals surface area contributed by atoms with Crippen LogP contribution in [0.2, 0.25) is 0 Å². The van der Waals surface area contributed by atoms with Gasteiger partial charge in [-0.1, -0.05) is 180 Å². The van der Waals surface area contributed by atoms with E-state index in [1.165, 1.54) is 77.0 Å². The fourth-order valence-corrected chi connectivity index (χ4v) is 7.26. The van der Waals surface area contributed by atoms with Crippen LogP contribution in [0.3, 0.4) is 0 Å². The van der Waals surface area contributed by atoms with Gasteiger partial charge in [-0.15, -0.1) is 0 Å². The van der Waals surface area contributed by atoms with E-state index in [2.05, 4.69) is 50.4 Å². The number of unbranched alkanes of at least 4 members (excludes halogenated alkanes) is 24. The lowest BCUT2D eigenvalue weighted by Gasteiger charge is -2.25. The van der Waals surface area contributed by atoms with Crippen molar-refractivity contribution in [3.05, 3.63) is 24.3 Å². The van der Waals surface area contributed by atoms with Crippen molar-refractivity contribution in [2.45, 2.75) is 232 Å². The average Bonchev–Trinajstić information content (AvgIpc) is 3.20. The lowest BCUT2D eigenvalue weighted by Crippen LogP contribution is -2.31. The maximum atomic E-state index is 12.7. The summed E-state index contributed by atoms with van der Waals surface area (Å²) in [6, 6.07) is 0. The third-order valence-corrected chi connectivity index (χ3v) is 11.1. The average molecular weight is 841 g/mol. The highest BCUT2D eigenvalue weighted by atomic mass is 31.2. The van der Waals surface area contributed by atoms with Gasteiger partial charge in [-0.05, 0) is 51.4 Å². The number of phosphoric acid groups is 1. The summed E-state index contributed by atoms with van der Waals surface area (Å²) in [7, 11) is -4.77. The Balaban J connectivity index is 4.55. The normalized spacial score (nSPS) is 13.2. The maximum Gasteiger partial charge on any atom is 0.306 e. The van der Waals surface area contributed by atoms with Gasteiger partial charge in [-0.2, -0.15) is 0 Å². The van der Waals surface area contributed by atoms with E-state index in [0.717, 1.165) is 96.3 Å². The van der Waals surface area contributed by atoms with Gasteiger partial charge in [-0.25, -0.2) is 0 Å². The third-order valence-electron chi connectivity index (χ3n) is 10.1. The molecule has 0 fully saturated rings. The number of amides is 1. The van der Waals surface area contributed by atoms with Crippen LogP contribution in [0, 0.1) is 0 Å². The Morgan fingerprint density at radius 3 is 1.50 bits per heavy atom. The molecule has 0 saturated carbocycles. The van der Waals surface area contributed by atoms with E-state index in [4.69, 9.17) is 18.5 Å². The first-order chi connectivity index (χ1) is 28.2. The number of hydrogen-bond donors (Lipinski definition) is 1. The van der Waals surface area contributed by atoms with Crippen molar-refractivity contribution in [3.8, 4) is 0 Å². The van der Waals surface area contributed by atoms with Crippen molar-refractivity contribution in [1.82, 2.24) is 5.32 Å². The summed E-state index contributed by atoms with van der Waals surface area (Å²) in [5.41, 5.74) is 0. The van der Waals surface area contributed by atoms with Gasteiger partial charge in [0.1, 0.15) is 6.61 Å². The minimum Gasteiger partial charge on any atom is -0.756 e. The van der Waals surface area contributed by atoms with Crippen molar-refractivity contribution in [2.75, 3.05) is 26.4 Å². The molecule has 0 aliphatic carbocycles. The molecule has 0 spiro atoms. The Hall–Kier alpha value is -2.00. The second-order valence-corrected chi connectivity index (χ2v) is 17.3. The van der Waals surface area contributed by atoms with E-state index in [1.54, 1.807) is 0 Å². The fraction of sp³-hybridized carbons (Fsp3) is 0.851. The van der Waals surface area contributed by atoms with Gasteiger partial charge in [0, 0.05) is 25.8 Å². The van der Waals surface area contributed by atoms with Crippen molar-refractivity contribution in [3.63, 3.8) is 0 Å². The molecule has 1 unspecified atom stereocenters. The Bertz CT molecular complexity index is 1070. The molecule has 340 valence electrons. The number of allylic oxidation sites excluding steroid dienone is 4. The number of hydrogen-bond acceptors (Lipinski definition) is 9. The van der Waals surface area contributed by atoms with Crippen LogP contribution in [0.4, 0.5) is 0 Å². The molecule has 1 amide bonds. The standard InChI is InChI=1S/C47H88NO9P/c1-4-7-10-13-15-17-19-21-22-24-26-28-30-33-36-39-47(51)57-44(43-56-58(52,53)55-41-40-48-45(49)37-34-31-12-9-6-3)42-54-46(50)38-35-32-29-27-25-23-20-18-16-14-11-8-5-2/h15,17,21-22,44H,4-14,16,18-20,23-43H2,1-3H3,(H,48,49)(H,52,53)/p-1/b17-15-,22-21-/t44-/m1/s1. The predicted molar refractivity (Wildman–Crippen MR) is 236 cm³/mol. The van der Waals surface area contributed by atoms with Crippen LogP contribution in [0.5, 0.6) is 0 Å². The molecule has 10 nitrogen and oxygen atoms in total. The van der Waals surface area contributed by atoms with Gasteiger partial charge in [-0.3, -0.25) is 18.9 Å². The lowest BCUT2D eigenvalue weighted by atomic mass is 10.0. The van der Waals surface area contributed by atoms with Gasteiger partial charge in [0.15, 0.2) is 6.10 Å². The highest BCUT2D eigenvalue weighted by Crippen LogP contribution is 2.38. The number of rotatable bonds is 44. The second-order valence-electron chi connectivity index (χ2n) is 15.9. The number of ether oxygens (including phenoxy) is 2. The zero-order chi connectivity index (χ0) is 42.6. The largest absolute Gasteiger partial charge is 0.756 e. The number of nitrogens with one attached hydrogen (secondary N) is 1. The van der Waals surface area contributed by atoms with Gasteiger partial charge in [0.05, 0.1) is 13.2 Å². The highest BCUT2D eigenvalue weighted by Gasteiger charge is 2.21. The molecule has 2 atom stereocenters. The summed E-state index contributed by atoms with van der Waals surface area (Å²) in [4.78, 5) is 49.7. The predicted octanol–water partition coefficient (Wildman–Crippen LogP) is 12.7. The van der Waals surface area contributed by atoms with E-state index in [-0.39, 0.29) is 38.5 Å². The monoisotopic (exact) mass is 841 g/mol. The first-order valence-electron chi connectivity index (χ1n) is 23.8. The van der Waals surface area contributed by atoms with Crippen LogP contribution in [0.15, 0.2) is 24.3 Å². The van der Waals surface area contributed by atoms with Crippen LogP contribution in [0.25, 0.3) is 0 Å². The van der Waals surface area contributed by atoms with E-state index in [0.29, 0.717) is 19.3 Å². The first-order valence-corrected chi connectivity index (χ1v) is 25.2.